The van der Waals surface area contributed by atoms with Gasteiger partial charge in [-0.15, -0.1) is 0 Å². The lowest BCUT2D eigenvalue weighted by atomic mass is 10.1. The first kappa shape index (κ1) is 14.5. The van der Waals surface area contributed by atoms with Gasteiger partial charge in [-0.05, 0) is 36.8 Å². The van der Waals surface area contributed by atoms with Gasteiger partial charge in [0.2, 0.25) is 0 Å². The van der Waals surface area contributed by atoms with Crippen molar-refractivity contribution in [1.82, 2.24) is 9.78 Å². The van der Waals surface area contributed by atoms with Crippen molar-refractivity contribution < 1.29 is 4.39 Å². The standard InChI is InChI=1S/C17H12Cl2FN3/c18-13-3-1-2-4-15(13)23-17-12(7-8-21-17)16(22-23)11-6-5-10(20)9-14(11)19/h1-6,9,21H,7-8H2. The van der Waals surface area contributed by atoms with Crippen LogP contribution in [0.25, 0.3) is 16.9 Å². The number of hydrogen-bond donors (Lipinski definition) is 1. The summed E-state index contributed by atoms with van der Waals surface area (Å²) in [5, 5.41) is 8.99. The molecule has 6 heteroatoms. The summed E-state index contributed by atoms with van der Waals surface area (Å²) in [5.41, 5.74) is 3.34. The summed E-state index contributed by atoms with van der Waals surface area (Å²) in [5.74, 6) is 0.549. The van der Waals surface area contributed by atoms with Crippen LogP contribution in [0.3, 0.4) is 0 Å². The molecule has 0 bridgehead atoms. The van der Waals surface area contributed by atoms with E-state index in [0.29, 0.717) is 10.0 Å². The minimum atomic E-state index is -0.362. The van der Waals surface area contributed by atoms with Crippen molar-refractivity contribution >= 4 is 29.0 Å². The molecule has 0 aliphatic carbocycles. The van der Waals surface area contributed by atoms with Gasteiger partial charge in [0.1, 0.15) is 11.6 Å². The zero-order valence-corrected chi connectivity index (χ0v) is 13.5. The molecule has 116 valence electrons. The average molecular weight is 348 g/mol. The molecule has 2 aromatic carbocycles. The highest BCUT2D eigenvalue weighted by atomic mass is 35.5. The van der Waals surface area contributed by atoms with Gasteiger partial charge in [0.15, 0.2) is 0 Å². The smallest absolute Gasteiger partial charge is 0.133 e. The highest BCUT2D eigenvalue weighted by Gasteiger charge is 2.25. The van der Waals surface area contributed by atoms with Crippen LogP contribution in [0.2, 0.25) is 10.0 Å². The molecule has 0 unspecified atom stereocenters. The van der Waals surface area contributed by atoms with E-state index < -0.39 is 0 Å². The molecule has 0 saturated carbocycles. The normalized spacial score (nSPS) is 13.0. The maximum Gasteiger partial charge on any atom is 0.133 e. The van der Waals surface area contributed by atoms with E-state index >= 15 is 0 Å². The first-order valence-electron chi connectivity index (χ1n) is 7.21. The molecule has 1 aliphatic heterocycles. The molecule has 3 aromatic rings. The third-order valence-corrected chi connectivity index (χ3v) is 4.55. The van der Waals surface area contributed by atoms with Crippen LogP contribution in [-0.4, -0.2) is 16.3 Å². The van der Waals surface area contributed by atoms with Crippen molar-refractivity contribution in [3.63, 3.8) is 0 Å². The van der Waals surface area contributed by atoms with Gasteiger partial charge >= 0.3 is 0 Å². The lowest BCUT2D eigenvalue weighted by Gasteiger charge is -2.08. The third kappa shape index (κ3) is 2.38. The Labute approximate surface area is 142 Å². The van der Waals surface area contributed by atoms with Crippen LogP contribution in [0.4, 0.5) is 10.2 Å². The van der Waals surface area contributed by atoms with E-state index in [9.17, 15) is 4.39 Å². The van der Waals surface area contributed by atoms with Gasteiger partial charge in [0.25, 0.3) is 0 Å². The second-order valence-electron chi connectivity index (χ2n) is 5.34. The average Bonchev–Trinajstić information content (AvgIpc) is 3.11. The highest BCUT2D eigenvalue weighted by molar-refractivity contribution is 6.33. The minimum absolute atomic E-state index is 0.350. The van der Waals surface area contributed by atoms with Gasteiger partial charge in [0, 0.05) is 17.7 Å². The topological polar surface area (TPSA) is 29.9 Å². The molecule has 0 spiro atoms. The van der Waals surface area contributed by atoms with Crippen LogP contribution in [-0.2, 0) is 6.42 Å². The summed E-state index contributed by atoms with van der Waals surface area (Å²) in [7, 11) is 0. The Bertz CT molecular complexity index is 905. The summed E-state index contributed by atoms with van der Waals surface area (Å²) in [6.45, 7) is 0.823. The van der Waals surface area contributed by atoms with Crippen molar-refractivity contribution in [3.05, 3.63) is 63.9 Å². The summed E-state index contributed by atoms with van der Waals surface area (Å²) < 4.78 is 15.1. The molecule has 1 N–H and O–H groups in total. The number of rotatable bonds is 2. The summed E-state index contributed by atoms with van der Waals surface area (Å²) in [6.07, 6.45) is 0.836. The second-order valence-corrected chi connectivity index (χ2v) is 6.15. The second kappa shape index (κ2) is 5.55. The number of nitrogens with one attached hydrogen (secondary N) is 1. The van der Waals surface area contributed by atoms with Crippen molar-refractivity contribution in [2.24, 2.45) is 0 Å². The fourth-order valence-electron chi connectivity index (χ4n) is 2.87. The number of anilines is 1. The molecule has 0 saturated heterocycles. The molecule has 0 fully saturated rings. The number of halogens is 3. The predicted octanol–water partition coefficient (Wildman–Crippen LogP) is 4.95. The van der Waals surface area contributed by atoms with Crippen LogP contribution in [0.5, 0.6) is 0 Å². The van der Waals surface area contributed by atoms with Crippen molar-refractivity contribution in [2.75, 3.05) is 11.9 Å². The molecule has 23 heavy (non-hydrogen) atoms. The lowest BCUT2D eigenvalue weighted by molar-refractivity contribution is 0.628. The van der Waals surface area contributed by atoms with E-state index in [-0.39, 0.29) is 5.82 Å². The van der Waals surface area contributed by atoms with E-state index in [4.69, 9.17) is 23.2 Å². The number of aromatic nitrogens is 2. The quantitative estimate of drug-likeness (QED) is 0.710. The Morgan fingerprint density at radius 3 is 2.70 bits per heavy atom. The van der Waals surface area contributed by atoms with Gasteiger partial charge < -0.3 is 5.32 Å². The van der Waals surface area contributed by atoms with Crippen LogP contribution >= 0.6 is 23.2 Å². The summed E-state index contributed by atoms with van der Waals surface area (Å²) >= 11 is 12.5. The fourth-order valence-corrected chi connectivity index (χ4v) is 3.34. The molecule has 0 atom stereocenters. The lowest BCUT2D eigenvalue weighted by Crippen LogP contribution is -2.04. The number of benzene rings is 2. The molecule has 3 nitrogen and oxygen atoms in total. The van der Waals surface area contributed by atoms with Crippen LogP contribution in [0.1, 0.15) is 5.56 Å². The number of para-hydroxylation sites is 1. The molecule has 1 aliphatic rings. The van der Waals surface area contributed by atoms with E-state index in [1.807, 2.05) is 24.3 Å². The van der Waals surface area contributed by atoms with Crippen molar-refractivity contribution in [1.29, 1.82) is 0 Å². The maximum atomic E-state index is 13.3. The highest BCUT2D eigenvalue weighted by Crippen LogP contribution is 2.38. The predicted molar refractivity (Wildman–Crippen MR) is 91.2 cm³/mol. The Morgan fingerprint density at radius 2 is 1.91 bits per heavy atom. The minimum Gasteiger partial charge on any atom is -0.369 e. The van der Waals surface area contributed by atoms with Gasteiger partial charge in [-0.1, -0.05) is 35.3 Å². The van der Waals surface area contributed by atoms with Crippen LogP contribution in [0, 0.1) is 5.82 Å². The van der Waals surface area contributed by atoms with E-state index in [1.165, 1.54) is 12.1 Å². The largest absolute Gasteiger partial charge is 0.369 e. The van der Waals surface area contributed by atoms with Crippen LogP contribution < -0.4 is 5.32 Å². The summed E-state index contributed by atoms with van der Waals surface area (Å²) in [4.78, 5) is 0. The maximum absolute atomic E-state index is 13.3. The molecular formula is C17H12Cl2FN3. The Morgan fingerprint density at radius 1 is 1.09 bits per heavy atom. The van der Waals surface area contributed by atoms with Gasteiger partial charge in [0.05, 0.1) is 21.4 Å². The molecule has 0 radical (unpaired) electrons. The van der Waals surface area contributed by atoms with Crippen molar-refractivity contribution in [3.8, 4) is 16.9 Å². The summed E-state index contributed by atoms with van der Waals surface area (Å²) in [6, 6.07) is 11.9. The monoisotopic (exact) mass is 347 g/mol. The zero-order valence-electron chi connectivity index (χ0n) is 12.0. The van der Waals surface area contributed by atoms with Crippen LogP contribution in [0.15, 0.2) is 42.5 Å². The Hall–Kier alpha value is -2.04. The Balaban J connectivity index is 1.94. The number of fused-ring (bicyclic) bond motifs is 1. The van der Waals surface area contributed by atoms with E-state index in [1.54, 1.807) is 10.7 Å². The molecule has 2 heterocycles. The first-order valence-corrected chi connectivity index (χ1v) is 7.97. The SMILES string of the molecule is Fc1ccc(-c2nn(-c3ccccc3Cl)c3c2CCN3)c(Cl)c1. The third-order valence-electron chi connectivity index (χ3n) is 3.92. The van der Waals surface area contributed by atoms with E-state index in [2.05, 4.69) is 10.4 Å². The van der Waals surface area contributed by atoms with Gasteiger partial charge in [-0.25, -0.2) is 9.07 Å². The van der Waals surface area contributed by atoms with Crippen molar-refractivity contribution in [2.45, 2.75) is 6.42 Å². The Kier molecular flexibility index (Phi) is 3.51. The van der Waals surface area contributed by atoms with Gasteiger partial charge in [-0.2, -0.15) is 5.10 Å². The number of nitrogens with zero attached hydrogens (tertiary/aromatic N) is 2. The number of hydrogen-bond acceptors (Lipinski definition) is 2. The van der Waals surface area contributed by atoms with E-state index in [0.717, 1.165) is 41.3 Å². The first-order chi connectivity index (χ1) is 11.1. The molecule has 4 rings (SSSR count). The zero-order chi connectivity index (χ0) is 16.0. The fraction of sp³-hybridized carbons (Fsp3) is 0.118. The molecular weight excluding hydrogens is 336 g/mol. The van der Waals surface area contributed by atoms with Gasteiger partial charge in [-0.3, -0.25) is 0 Å². The molecule has 1 aromatic heterocycles. The molecule has 0 amide bonds.